The number of hydrogen-bond acceptors (Lipinski definition) is 4. The van der Waals surface area contributed by atoms with E-state index in [1.165, 1.54) is 0 Å². The molecule has 0 bridgehead atoms. The number of nitrogens with zero attached hydrogens (tertiary/aromatic N) is 1. The molecule has 0 N–H and O–H groups in total. The van der Waals surface area contributed by atoms with Gasteiger partial charge in [0, 0.05) is 6.54 Å². The molecule has 1 aromatic carbocycles. The molecule has 0 amide bonds. The molecule has 4 nitrogen and oxygen atoms in total. The lowest BCUT2D eigenvalue weighted by Crippen LogP contribution is -2.25. The first kappa shape index (κ1) is 17.9. The quantitative estimate of drug-likeness (QED) is 0.571. The summed E-state index contributed by atoms with van der Waals surface area (Å²) < 4.78 is 61.8. The molecule has 0 unspecified atom stereocenters. The van der Waals surface area contributed by atoms with Crippen molar-refractivity contribution in [2.75, 3.05) is 13.1 Å². The predicted molar refractivity (Wildman–Crippen MR) is 72.8 cm³/mol. The Morgan fingerprint density at radius 2 is 1.52 bits per heavy atom. The molecule has 0 fully saturated rings. The summed E-state index contributed by atoms with van der Waals surface area (Å²) in [6.07, 6.45) is 0. The van der Waals surface area contributed by atoms with Crippen molar-refractivity contribution in [1.82, 2.24) is 4.90 Å². The molecule has 0 aliphatic rings. The average Bonchev–Trinajstić information content (AvgIpc) is 2.42. The van der Waals surface area contributed by atoms with Gasteiger partial charge in [0.05, 0.1) is 6.61 Å². The Morgan fingerprint density at radius 1 is 1.05 bits per heavy atom. The second kappa shape index (κ2) is 7.24. The summed E-state index contributed by atoms with van der Waals surface area (Å²) >= 11 is 0. The first-order valence-electron chi connectivity index (χ1n) is 6.45. The van der Waals surface area contributed by atoms with Gasteiger partial charge in [-0.15, -0.1) is 0 Å². The minimum absolute atomic E-state index is 0.367. The summed E-state index contributed by atoms with van der Waals surface area (Å²) in [5, 5.41) is 0. The van der Waals surface area contributed by atoms with Gasteiger partial charge in [0.2, 0.25) is 0 Å². The van der Waals surface area contributed by atoms with E-state index in [0.717, 1.165) is 25.2 Å². The molecular formula is C13H18F3NO3S. The highest BCUT2D eigenvalue weighted by Gasteiger charge is 2.47. The van der Waals surface area contributed by atoms with E-state index < -0.39 is 22.2 Å². The Labute approximate surface area is 122 Å². The normalized spacial score (nSPS) is 12.9. The molecule has 1 aromatic rings. The summed E-state index contributed by atoms with van der Waals surface area (Å²) in [5.41, 5.74) is -4.03. The molecule has 0 saturated heterocycles. The van der Waals surface area contributed by atoms with Crippen molar-refractivity contribution in [2.24, 2.45) is 0 Å². The molecule has 0 aliphatic heterocycles. The molecule has 0 aromatic heterocycles. The highest BCUT2D eigenvalue weighted by molar-refractivity contribution is 7.87. The van der Waals surface area contributed by atoms with Crippen molar-refractivity contribution in [1.29, 1.82) is 0 Å². The van der Waals surface area contributed by atoms with Crippen molar-refractivity contribution in [3.8, 4) is 0 Å². The monoisotopic (exact) mass is 325 g/mol. The van der Waals surface area contributed by atoms with Crippen LogP contribution in [0.3, 0.4) is 0 Å². The van der Waals surface area contributed by atoms with E-state index in [2.05, 4.69) is 9.08 Å². The molecule has 0 radical (unpaired) electrons. The number of alkyl halides is 3. The van der Waals surface area contributed by atoms with Gasteiger partial charge in [0.1, 0.15) is 0 Å². The van der Waals surface area contributed by atoms with E-state index in [1.54, 1.807) is 24.3 Å². The molecule has 120 valence electrons. The van der Waals surface area contributed by atoms with Gasteiger partial charge in [0.25, 0.3) is 0 Å². The van der Waals surface area contributed by atoms with Crippen molar-refractivity contribution in [3.05, 3.63) is 35.4 Å². The highest BCUT2D eigenvalue weighted by atomic mass is 32.2. The van der Waals surface area contributed by atoms with E-state index in [0.29, 0.717) is 5.56 Å². The fourth-order valence-electron chi connectivity index (χ4n) is 1.66. The first-order valence-corrected chi connectivity index (χ1v) is 7.86. The second-order valence-corrected chi connectivity index (χ2v) is 6.05. The second-order valence-electron chi connectivity index (χ2n) is 4.44. The Kier molecular flexibility index (Phi) is 6.18. The maximum atomic E-state index is 12.1. The molecule has 0 saturated carbocycles. The average molecular weight is 325 g/mol. The first-order chi connectivity index (χ1) is 9.69. The lowest BCUT2D eigenvalue weighted by molar-refractivity contribution is -0.0547. The smallest absolute Gasteiger partial charge is 0.300 e. The van der Waals surface area contributed by atoms with Crippen LogP contribution in [0, 0.1) is 0 Å². The summed E-state index contributed by atoms with van der Waals surface area (Å²) in [7, 11) is -5.54. The molecular weight excluding hydrogens is 307 g/mol. The van der Waals surface area contributed by atoms with Gasteiger partial charge in [-0.1, -0.05) is 38.1 Å². The fourth-order valence-corrected chi connectivity index (χ4v) is 2.08. The standard InChI is InChI=1S/C13H18F3NO3S/c1-3-17(4-2)9-11-5-7-12(8-6-11)10-20-21(18,19)13(14,15)16/h5-8H,3-4,9-10H2,1-2H3. The van der Waals surface area contributed by atoms with Gasteiger partial charge in [-0.05, 0) is 24.2 Å². The molecule has 0 spiro atoms. The lowest BCUT2D eigenvalue weighted by atomic mass is 10.1. The van der Waals surface area contributed by atoms with Crippen molar-refractivity contribution >= 4 is 10.1 Å². The maximum absolute atomic E-state index is 12.1. The third kappa shape index (κ3) is 5.29. The van der Waals surface area contributed by atoms with Crippen LogP contribution in [0.2, 0.25) is 0 Å². The molecule has 0 heterocycles. The van der Waals surface area contributed by atoms with Gasteiger partial charge < -0.3 is 0 Å². The molecule has 8 heteroatoms. The van der Waals surface area contributed by atoms with Crippen molar-refractivity contribution < 1.29 is 25.8 Å². The zero-order valence-electron chi connectivity index (χ0n) is 11.9. The number of hydrogen-bond donors (Lipinski definition) is 0. The van der Waals surface area contributed by atoms with Crippen LogP contribution < -0.4 is 0 Å². The third-order valence-electron chi connectivity index (χ3n) is 2.99. The Balaban J connectivity index is 2.64. The molecule has 21 heavy (non-hydrogen) atoms. The van der Waals surface area contributed by atoms with E-state index in [-0.39, 0.29) is 0 Å². The van der Waals surface area contributed by atoms with Crippen LogP contribution in [-0.2, 0) is 27.5 Å². The number of benzene rings is 1. The van der Waals surface area contributed by atoms with Gasteiger partial charge in [-0.3, -0.25) is 9.08 Å². The number of halogens is 3. The Bertz CT molecular complexity index is 537. The Morgan fingerprint density at radius 3 is 1.95 bits per heavy atom. The molecule has 0 atom stereocenters. The fraction of sp³-hybridized carbons (Fsp3) is 0.538. The van der Waals surface area contributed by atoms with Crippen LogP contribution in [0.4, 0.5) is 13.2 Å². The zero-order valence-corrected chi connectivity index (χ0v) is 12.7. The van der Waals surface area contributed by atoms with Crippen LogP contribution in [-0.4, -0.2) is 31.9 Å². The zero-order chi connectivity index (χ0) is 16.1. The van der Waals surface area contributed by atoms with Gasteiger partial charge in [-0.2, -0.15) is 21.6 Å². The Hall–Kier alpha value is -1.12. The van der Waals surface area contributed by atoms with E-state index in [1.807, 2.05) is 13.8 Å². The molecule has 1 rings (SSSR count). The topological polar surface area (TPSA) is 46.6 Å². The van der Waals surface area contributed by atoms with Crippen LogP contribution in [0.25, 0.3) is 0 Å². The van der Waals surface area contributed by atoms with Crippen LogP contribution in [0.5, 0.6) is 0 Å². The number of rotatable bonds is 7. The largest absolute Gasteiger partial charge is 0.523 e. The van der Waals surface area contributed by atoms with E-state index in [9.17, 15) is 21.6 Å². The SMILES string of the molecule is CCN(CC)Cc1ccc(COS(=O)(=O)C(F)(F)F)cc1. The third-order valence-corrected chi connectivity index (χ3v) is 3.98. The van der Waals surface area contributed by atoms with Gasteiger partial charge >= 0.3 is 15.6 Å². The van der Waals surface area contributed by atoms with Crippen molar-refractivity contribution in [3.63, 3.8) is 0 Å². The summed E-state index contributed by atoms with van der Waals surface area (Å²) in [5.74, 6) is 0. The van der Waals surface area contributed by atoms with Gasteiger partial charge in [0.15, 0.2) is 0 Å². The van der Waals surface area contributed by atoms with E-state index in [4.69, 9.17) is 0 Å². The lowest BCUT2D eigenvalue weighted by Gasteiger charge is -2.18. The van der Waals surface area contributed by atoms with Crippen LogP contribution in [0.1, 0.15) is 25.0 Å². The van der Waals surface area contributed by atoms with E-state index >= 15 is 0 Å². The maximum Gasteiger partial charge on any atom is 0.523 e. The van der Waals surface area contributed by atoms with Crippen molar-refractivity contribution in [2.45, 2.75) is 32.5 Å². The predicted octanol–water partition coefficient (Wildman–Crippen LogP) is 2.89. The molecule has 0 aliphatic carbocycles. The van der Waals surface area contributed by atoms with Crippen LogP contribution >= 0.6 is 0 Å². The van der Waals surface area contributed by atoms with Crippen LogP contribution in [0.15, 0.2) is 24.3 Å². The highest BCUT2D eigenvalue weighted by Crippen LogP contribution is 2.25. The minimum Gasteiger partial charge on any atom is -0.300 e. The summed E-state index contributed by atoms with van der Waals surface area (Å²) in [4.78, 5) is 2.18. The summed E-state index contributed by atoms with van der Waals surface area (Å²) in [6, 6.07) is 6.61. The minimum atomic E-state index is -5.54. The van der Waals surface area contributed by atoms with Gasteiger partial charge in [-0.25, -0.2) is 0 Å². The summed E-state index contributed by atoms with van der Waals surface area (Å²) in [6.45, 7) is 5.96.